The van der Waals surface area contributed by atoms with Gasteiger partial charge in [0, 0.05) is 6.04 Å². The summed E-state index contributed by atoms with van der Waals surface area (Å²) in [5.41, 5.74) is 0. The van der Waals surface area contributed by atoms with E-state index in [1.807, 2.05) is 0 Å². The predicted octanol–water partition coefficient (Wildman–Crippen LogP) is 2.13. The number of nitrogens with zero attached hydrogens (tertiary/aromatic N) is 1. The first-order chi connectivity index (χ1) is 5.25. The largest absolute Gasteiger partial charge is 0.306 e. The Morgan fingerprint density at radius 2 is 1.45 bits per heavy atom. The highest BCUT2D eigenvalue weighted by atomic mass is 15.1. The summed E-state index contributed by atoms with van der Waals surface area (Å²) in [6, 6.07) is 0.904. The fraction of sp³-hybridized carbons (Fsp3) is 1.00. The summed E-state index contributed by atoms with van der Waals surface area (Å²) in [5, 5.41) is 0. The van der Waals surface area contributed by atoms with Crippen LogP contribution in [0.5, 0.6) is 0 Å². The van der Waals surface area contributed by atoms with E-state index in [0.29, 0.717) is 0 Å². The molecule has 2 aliphatic rings. The highest BCUT2D eigenvalue weighted by Gasteiger charge is 2.34. The van der Waals surface area contributed by atoms with Crippen LogP contribution < -0.4 is 0 Å². The molecule has 2 bridgehead atoms. The molecule has 2 rings (SSSR count). The van der Waals surface area contributed by atoms with Crippen LogP contribution in [0.2, 0.25) is 0 Å². The summed E-state index contributed by atoms with van der Waals surface area (Å²) in [7, 11) is 4.46. The molecule has 0 heterocycles. The maximum atomic E-state index is 2.42. The zero-order valence-corrected chi connectivity index (χ0v) is 7.71. The number of fused-ring (bicyclic) bond motifs is 2. The quantitative estimate of drug-likeness (QED) is 0.558. The van der Waals surface area contributed by atoms with E-state index in [4.69, 9.17) is 0 Å². The lowest BCUT2D eigenvalue weighted by Gasteiger charge is -2.32. The minimum absolute atomic E-state index is 0.904. The molecule has 0 spiro atoms. The zero-order chi connectivity index (χ0) is 7.84. The normalized spacial score (nSPS) is 43.4. The SMILES string of the molecule is CN(C)C1CC2CCC(C2)C1. The third-order valence-corrected chi connectivity index (χ3v) is 3.59. The Balaban J connectivity index is 1.97. The molecule has 64 valence electrons. The highest BCUT2D eigenvalue weighted by Crippen LogP contribution is 2.42. The minimum Gasteiger partial charge on any atom is -0.306 e. The van der Waals surface area contributed by atoms with Gasteiger partial charge in [-0.05, 0) is 45.2 Å². The van der Waals surface area contributed by atoms with Crippen molar-refractivity contribution in [3.05, 3.63) is 0 Å². The Bertz CT molecular complexity index is 130. The standard InChI is InChI=1S/C10H19N/c1-11(2)10-6-8-3-4-9(5-8)7-10/h8-10H,3-7H2,1-2H3. The van der Waals surface area contributed by atoms with Crippen LogP contribution in [0.3, 0.4) is 0 Å². The summed E-state index contributed by atoms with van der Waals surface area (Å²) in [6.45, 7) is 0. The van der Waals surface area contributed by atoms with Gasteiger partial charge in [0.25, 0.3) is 0 Å². The van der Waals surface area contributed by atoms with E-state index < -0.39 is 0 Å². The molecule has 2 saturated carbocycles. The van der Waals surface area contributed by atoms with Gasteiger partial charge in [0.15, 0.2) is 0 Å². The fourth-order valence-electron chi connectivity index (χ4n) is 2.89. The fourth-order valence-corrected chi connectivity index (χ4v) is 2.89. The van der Waals surface area contributed by atoms with E-state index in [9.17, 15) is 0 Å². The van der Waals surface area contributed by atoms with E-state index in [1.54, 1.807) is 6.42 Å². The van der Waals surface area contributed by atoms with Gasteiger partial charge in [0.2, 0.25) is 0 Å². The Morgan fingerprint density at radius 1 is 0.909 bits per heavy atom. The topological polar surface area (TPSA) is 3.24 Å². The molecular formula is C10H19N. The minimum atomic E-state index is 0.904. The van der Waals surface area contributed by atoms with Crippen molar-refractivity contribution in [2.24, 2.45) is 11.8 Å². The number of hydrogen-bond donors (Lipinski definition) is 0. The van der Waals surface area contributed by atoms with E-state index in [-0.39, 0.29) is 0 Å². The van der Waals surface area contributed by atoms with Crippen LogP contribution in [-0.2, 0) is 0 Å². The molecule has 1 nitrogen and oxygen atoms in total. The maximum absolute atomic E-state index is 2.42. The molecule has 2 atom stereocenters. The van der Waals surface area contributed by atoms with Gasteiger partial charge in [-0.2, -0.15) is 0 Å². The van der Waals surface area contributed by atoms with Crippen LogP contribution in [0.25, 0.3) is 0 Å². The molecule has 2 fully saturated rings. The van der Waals surface area contributed by atoms with Gasteiger partial charge in [0.1, 0.15) is 0 Å². The van der Waals surface area contributed by atoms with Crippen LogP contribution in [0.4, 0.5) is 0 Å². The second-order valence-corrected chi connectivity index (χ2v) is 4.63. The van der Waals surface area contributed by atoms with Crippen LogP contribution in [0.1, 0.15) is 32.1 Å². The monoisotopic (exact) mass is 153 g/mol. The van der Waals surface area contributed by atoms with E-state index in [1.165, 1.54) is 25.7 Å². The van der Waals surface area contributed by atoms with Crippen molar-refractivity contribution in [3.63, 3.8) is 0 Å². The predicted molar refractivity (Wildman–Crippen MR) is 47.5 cm³/mol. The number of hydrogen-bond acceptors (Lipinski definition) is 1. The first-order valence-electron chi connectivity index (χ1n) is 4.92. The first kappa shape index (κ1) is 7.60. The lowest BCUT2D eigenvalue weighted by Crippen LogP contribution is -2.33. The lowest BCUT2D eigenvalue weighted by atomic mass is 9.85. The molecule has 0 aromatic heterocycles. The molecule has 0 N–H and O–H groups in total. The second kappa shape index (κ2) is 2.78. The van der Waals surface area contributed by atoms with Crippen LogP contribution in [0.15, 0.2) is 0 Å². The van der Waals surface area contributed by atoms with Crippen molar-refractivity contribution in [2.75, 3.05) is 14.1 Å². The van der Waals surface area contributed by atoms with Gasteiger partial charge in [-0.1, -0.05) is 12.8 Å². The van der Waals surface area contributed by atoms with E-state index in [2.05, 4.69) is 19.0 Å². The van der Waals surface area contributed by atoms with Gasteiger partial charge >= 0.3 is 0 Å². The molecule has 2 aliphatic carbocycles. The Hall–Kier alpha value is -0.0400. The zero-order valence-electron chi connectivity index (χ0n) is 7.71. The summed E-state index contributed by atoms with van der Waals surface area (Å²) in [4.78, 5) is 2.42. The third kappa shape index (κ3) is 1.44. The third-order valence-electron chi connectivity index (χ3n) is 3.59. The van der Waals surface area contributed by atoms with Crippen LogP contribution in [0, 0.1) is 11.8 Å². The van der Waals surface area contributed by atoms with Crippen molar-refractivity contribution in [1.29, 1.82) is 0 Å². The van der Waals surface area contributed by atoms with Gasteiger partial charge < -0.3 is 4.90 Å². The second-order valence-electron chi connectivity index (χ2n) is 4.63. The summed E-state index contributed by atoms with van der Waals surface area (Å²) < 4.78 is 0. The van der Waals surface area contributed by atoms with Crippen molar-refractivity contribution >= 4 is 0 Å². The molecule has 0 aromatic rings. The van der Waals surface area contributed by atoms with E-state index in [0.717, 1.165) is 17.9 Å². The number of rotatable bonds is 1. The van der Waals surface area contributed by atoms with Crippen molar-refractivity contribution < 1.29 is 0 Å². The Morgan fingerprint density at radius 3 is 1.91 bits per heavy atom. The van der Waals surface area contributed by atoms with Crippen LogP contribution in [-0.4, -0.2) is 25.0 Å². The van der Waals surface area contributed by atoms with Gasteiger partial charge in [-0.25, -0.2) is 0 Å². The molecule has 0 saturated heterocycles. The molecule has 11 heavy (non-hydrogen) atoms. The summed E-state index contributed by atoms with van der Waals surface area (Å²) in [5.74, 6) is 2.17. The molecule has 0 amide bonds. The molecular weight excluding hydrogens is 134 g/mol. The van der Waals surface area contributed by atoms with Crippen molar-refractivity contribution in [3.8, 4) is 0 Å². The maximum Gasteiger partial charge on any atom is 0.00944 e. The lowest BCUT2D eigenvalue weighted by molar-refractivity contribution is 0.180. The molecule has 0 aromatic carbocycles. The van der Waals surface area contributed by atoms with Crippen molar-refractivity contribution in [2.45, 2.75) is 38.1 Å². The van der Waals surface area contributed by atoms with Crippen molar-refractivity contribution in [1.82, 2.24) is 4.90 Å². The van der Waals surface area contributed by atoms with Gasteiger partial charge in [0.05, 0.1) is 0 Å². The Labute approximate surface area is 69.8 Å². The molecule has 0 radical (unpaired) electrons. The molecule has 2 unspecified atom stereocenters. The van der Waals surface area contributed by atoms with E-state index >= 15 is 0 Å². The molecule has 1 heteroatoms. The Kier molecular flexibility index (Phi) is 1.92. The summed E-state index contributed by atoms with van der Waals surface area (Å²) in [6.07, 6.45) is 7.54. The first-order valence-corrected chi connectivity index (χ1v) is 4.92. The average molecular weight is 153 g/mol. The molecule has 0 aliphatic heterocycles. The van der Waals surface area contributed by atoms with Crippen LogP contribution >= 0.6 is 0 Å². The smallest absolute Gasteiger partial charge is 0.00944 e. The average Bonchev–Trinajstić information content (AvgIpc) is 2.30. The summed E-state index contributed by atoms with van der Waals surface area (Å²) >= 11 is 0. The van der Waals surface area contributed by atoms with Gasteiger partial charge in [-0.3, -0.25) is 0 Å². The van der Waals surface area contributed by atoms with Gasteiger partial charge in [-0.15, -0.1) is 0 Å². The highest BCUT2D eigenvalue weighted by molar-refractivity contribution is 4.88.